The molecule has 4 rings (SSSR count). The Morgan fingerprint density at radius 1 is 0.962 bits per heavy atom. The van der Waals surface area contributed by atoms with E-state index in [1.165, 1.54) is 25.0 Å². The number of aryl methyl sites for hydroxylation is 1. The number of nitriles is 1. The molecule has 0 aliphatic carbocycles. The van der Waals surface area contributed by atoms with Crippen molar-refractivity contribution < 1.29 is 28.5 Å². The molecule has 0 amide bonds. The fourth-order valence-electron chi connectivity index (χ4n) is 2.76. The predicted molar refractivity (Wildman–Crippen MR) is 109 cm³/mol. The number of para-hydroxylation sites is 1. The summed E-state index contributed by atoms with van der Waals surface area (Å²) in [5, 5.41) is 10.2. The summed E-state index contributed by atoms with van der Waals surface area (Å²) < 4.78 is 3.67. The van der Waals surface area contributed by atoms with Crippen LogP contribution in [0, 0.1) is 11.3 Å². The second-order valence-electron chi connectivity index (χ2n) is 5.46. The first-order chi connectivity index (χ1) is 12.3. The molecule has 0 aliphatic rings. The Morgan fingerprint density at radius 3 is 2.50 bits per heavy atom. The summed E-state index contributed by atoms with van der Waals surface area (Å²) >= 11 is 5.13. The summed E-state index contributed by atoms with van der Waals surface area (Å²) in [5.74, 6) is 0. The molecule has 4 aromatic rings. The highest BCUT2D eigenvalue weighted by Crippen LogP contribution is 2.34. The van der Waals surface area contributed by atoms with Crippen molar-refractivity contribution >= 4 is 56.4 Å². The van der Waals surface area contributed by atoms with E-state index in [4.69, 9.17) is 5.26 Å². The van der Waals surface area contributed by atoms with Gasteiger partial charge < -0.3 is 24.0 Å². The Hall–Kier alpha value is -1.53. The number of benzene rings is 1. The first-order valence-electron chi connectivity index (χ1n) is 7.98. The highest BCUT2D eigenvalue weighted by Gasteiger charge is 2.16. The van der Waals surface area contributed by atoms with Gasteiger partial charge in [-0.15, -0.1) is 22.7 Å². The van der Waals surface area contributed by atoms with Crippen LogP contribution < -0.4 is 28.5 Å². The molecule has 0 unspecified atom stereocenters. The van der Waals surface area contributed by atoms with E-state index in [1.807, 2.05) is 23.5 Å². The second-order valence-corrected chi connectivity index (χ2v) is 8.72. The lowest BCUT2D eigenvalue weighted by molar-refractivity contribution is -0.665. The van der Waals surface area contributed by atoms with Gasteiger partial charge in [0.2, 0.25) is 5.52 Å². The Bertz CT molecular complexity index is 1110. The second kappa shape index (κ2) is 8.44. The number of halogens is 1. The van der Waals surface area contributed by atoms with Gasteiger partial charge in [-0.1, -0.05) is 23.5 Å². The number of fused-ring (bicyclic) bond motifs is 1. The van der Waals surface area contributed by atoms with Gasteiger partial charge in [0.25, 0.3) is 5.01 Å². The highest BCUT2D eigenvalue weighted by atomic mass is 127. The number of hydrogen-bond acceptors (Lipinski definition) is 4. The van der Waals surface area contributed by atoms with Crippen molar-refractivity contribution in [2.45, 2.75) is 13.5 Å². The molecular formula is C20H15IN2S3. The molecule has 6 heteroatoms. The lowest BCUT2D eigenvalue weighted by atomic mass is 10.3. The van der Waals surface area contributed by atoms with E-state index in [0.29, 0.717) is 0 Å². The average Bonchev–Trinajstić information content (AvgIpc) is 3.36. The first-order valence-corrected chi connectivity index (χ1v) is 10.4. The van der Waals surface area contributed by atoms with E-state index in [-0.39, 0.29) is 24.0 Å². The van der Waals surface area contributed by atoms with E-state index >= 15 is 0 Å². The number of aromatic nitrogens is 1. The lowest BCUT2D eigenvalue weighted by Crippen LogP contribution is -3.00. The summed E-state index contributed by atoms with van der Waals surface area (Å²) in [7, 11) is 0. The van der Waals surface area contributed by atoms with E-state index < -0.39 is 0 Å². The van der Waals surface area contributed by atoms with E-state index in [2.05, 4.69) is 66.1 Å². The van der Waals surface area contributed by atoms with Crippen LogP contribution in [0.4, 0.5) is 0 Å². The van der Waals surface area contributed by atoms with Crippen molar-refractivity contribution in [3.05, 3.63) is 63.3 Å². The molecule has 0 fully saturated rings. The SMILES string of the molecule is CC[n+]1c(/C=C/c2ccc(-c3ccc(C#N)s3)s2)sc2ccccc21.[I-]. The van der Waals surface area contributed by atoms with E-state index in [0.717, 1.165) is 16.3 Å². The van der Waals surface area contributed by atoms with E-state index in [1.54, 1.807) is 22.7 Å². The number of thiazole rings is 1. The summed E-state index contributed by atoms with van der Waals surface area (Å²) in [6.07, 6.45) is 4.39. The minimum atomic E-state index is 0. The summed E-state index contributed by atoms with van der Waals surface area (Å²) in [4.78, 5) is 4.36. The molecule has 3 aromatic heterocycles. The normalized spacial score (nSPS) is 10.9. The zero-order valence-corrected chi connectivity index (χ0v) is 18.6. The van der Waals surface area contributed by atoms with Gasteiger partial charge in [-0.25, -0.2) is 0 Å². The number of hydrogen-bond donors (Lipinski definition) is 0. The van der Waals surface area contributed by atoms with Crippen LogP contribution in [0.3, 0.4) is 0 Å². The van der Waals surface area contributed by atoms with Crippen molar-refractivity contribution in [2.75, 3.05) is 0 Å². The van der Waals surface area contributed by atoms with Crippen LogP contribution in [0.25, 0.3) is 32.1 Å². The zero-order chi connectivity index (χ0) is 17.2. The maximum Gasteiger partial charge on any atom is 0.262 e. The van der Waals surface area contributed by atoms with Gasteiger partial charge in [-0.2, -0.15) is 9.83 Å². The molecule has 26 heavy (non-hydrogen) atoms. The maximum atomic E-state index is 8.97. The standard InChI is InChI=1S/C20H15N2S3.HI/c1-2-22-16-5-3-4-6-17(16)25-20(22)12-9-14-7-10-18(23-14)19-11-8-15(13-21)24-19;/h3-12H,2H2,1H3;1H/q+1;/p-1/b12-9+;. The minimum absolute atomic E-state index is 0. The molecule has 3 heterocycles. The fourth-order valence-corrected chi connectivity index (χ4v) is 5.69. The number of nitrogens with zero attached hydrogens (tertiary/aromatic N) is 2. The van der Waals surface area contributed by atoms with E-state index in [9.17, 15) is 0 Å². The molecule has 0 N–H and O–H groups in total. The molecule has 1 aromatic carbocycles. The monoisotopic (exact) mass is 506 g/mol. The van der Waals surface area contributed by atoms with Gasteiger partial charge in [-0.05, 0) is 43.3 Å². The Kier molecular flexibility index (Phi) is 6.24. The first kappa shape index (κ1) is 19.2. The molecule has 0 bridgehead atoms. The van der Waals surface area contributed by atoms with Crippen LogP contribution in [-0.2, 0) is 6.54 Å². The molecule has 0 saturated heterocycles. The Labute approximate surface area is 181 Å². The molecule has 0 saturated carbocycles. The molecule has 0 aliphatic heterocycles. The third-order valence-corrected chi connectivity index (χ3v) is 7.30. The van der Waals surface area contributed by atoms with Gasteiger partial charge in [0.15, 0.2) is 0 Å². The lowest BCUT2D eigenvalue weighted by Gasteiger charge is -1.91. The quantitative estimate of drug-likeness (QED) is 0.309. The summed E-state index contributed by atoms with van der Waals surface area (Å²) in [6.45, 7) is 3.15. The summed E-state index contributed by atoms with van der Waals surface area (Å²) in [6, 6.07) is 18.9. The molecular weight excluding hydrogens is 491 g/mol. The van der Waals surface area contributed by atoms with Gasteiger partial charge >= 0.3 is 0 Å². The third-order valence-electron chi connectivity index (χ3n) is 3.93. The third kappa shape index (κ3) is 3.76. The van der Waals surface area contributed by atoms with Crippen LogP contribution in [0.5, 0.6) is 0 Å². The van der Waals surface area contributed by atoms with Crippen molar-refractivity contribution in [3.63, 3.8) is 0 Å². The molecule has 0 atom stereocenters. The zero-order valence-electron chi connectivity index (χ0n) is 14.0. The van der Waals surface area contributed by atoms with Gasteiger partial charge in [0.05, 0.1) is 0 Å². The maximum absolute atomic E-state index is 8.97. The van der Waals surface area contributed by atoms with Gasteiger partial charge in [0, 0.05) is 26.8 Å². The van der Waals surface area contributed by atoms with Crippen molar-refractivity contribution in [1.29, 1.82) is 5.26 Å². The Balaban J connectivity index is 0.00000196. The smallest absolute Gasteiger partial charge is 0.262 e. The van der Waals surface area contributed by atoms with Crippen LogP contribution in [0.2, 0.25) is 0 Å². The largest absolute Gasteiger partial charge is 1.00 e. The van der Waals surface area contributed by atoms with Crippen LogP contribution in [0.15, 0.2) is 48.5 Å². The Morgan fingerprint density at radius 2 is 1.73 bits per heavy atom. The highest BCUT2D eigenvalue weighted by molar-refractivity contribution is 7.22. The average molecular weight is 506 g/mol. The molecule has 2 nitrogen and oxygen atoms in total. The van der Waals surface area contributed by atoms with Gasteiger partial charge in [-0.3, -0.25) is 0 Å². The predicted octanol–water partition coefficient (Wildman–Crippen LogP) is 3.04. The molecule has 0 radical (unpaired) electrons. The number of rotatable bonds is 4. The molecule has 0 spiro atoms. The molecule has 130 valence electrons. The van der Waals surface area contributed by atoms with Crippen molar-refractivity contribution in [1.82, 2.24) is 0 Å². The minimum Gasteiger partial charge on any atom is -1.00 e. The van der Waals surface area contributed by atoms with Gasteiger partial charge in [0.1, 0.15) is 22.2 Å². The topological polar surface area (TPSA) is 27.7 Å². The fraction of sp³-hybridized carbons (Fsp3) is 0.100. The van der Waals surface area contributed by atoms with Crippen molar-refractivity contribution in [3.8, 4) is 15.8 Å². The van der Waals surface area contributed by atoms with Crippen LogP contribution in [-0.4, -0.2) is 0 Å². The van der Waals surface area contributed by atoms with Crippen molar-refractivity contribution in [2.24, 2.45) is 0 Å². The number of thiophene rings is 2. The van der Waals surface area contributed by atoms with Crippen LogP contribution >= 0.6 is 34.0 Å². The van der Waals surface area contributed by atoms with Crippen LogP contribution in [0.1, 0.15) is 21.7 Å². The summed E-state index contributed by atoms with van der Waals surface area (Å²) in [5.41, 5.74) is 1.30.